The predicted octanol–water partition coefficient (Wildman–Crippen LogP) is 4.18. The Hall–Kier alpha value is -3.40. The van der Waals surface area contributed by atoms with Gasteiger partial charge in [0.2, 0.25) is 0 Å². The summed E-state index contributed by atoms with van der Waals surface area (Å²) in [6.07, 6.45) is -3.08. The molecule has 0 saturated carbocycles. The third-order valence-electron chi connectivity index (χ3n) is 6.90. The summed E-state index contributed by atoms with van der Waals surface area (Å²) >= 11 is 0. The van der Waals surface area contributed by atoms with Crippen molar-refractivity contribution in [2.75, 3.05) is 37.0 Å². The molecule has 0 spiro atoms. The number of hydrogen-bond acceptors (Lipinski definition) is 5. The highest BCUT2D eigenvalue weighted by molar-refractivity contribution is 5.70. The number of alkyl halides is 3. The molecule has 1 aliphatic carbocycles. The van der Waals surface area contributed by atoms with Crippen LogP contribution < -0.4 is 15.4 Å². The second-order valence-corrected chi connectivity index (χ2v) is 9.52. The van der Waals surface area contributed by atoms with Crippen molar-refractivity contribution in [1.29, 1.82) is 0 Å². The number of aromatic nitrogens is 2. The highest BCUT2D eigenvalue weighted by atomic mass is 19.4. The molecule has 2 aliphatic rings. The number of rotatable bonds is 4. The topological polar surface area (TPSA) is 61.6 Å². The number of aliphatic hydroxyl groups excluding tert-OH is 1. The van der Waals surface area contributed by atoms with Crippen LogP contribution in [-0.2, 0) is 19.0 Å². The van der Waals surface area contributed by atoms with Gasteiger partial charge in [0.1, 0.15) is 5.82 Å². The number of anilines is 2. The lowest BCUT2D eigenvalue weighted by Gasteiger charge is -2.22. The smallest absolute Gasteiger partial charge is 0.391 e. The summed E-state index contributed by atoms with van der Waals surface area (Å²) in [6.45, 7) is 0.790. The van der Waals surface area contributed by atoms with Gasteiger partial charge in [-0.15, -0.1) is 0 Å². The maximum Gasteiger partial charge on any atom is 0.418 e. The fourth-order valence-electron chi connectivity index (χ4n) is 5.08. The Morgan fingerprint density at radius 1 is 1.08 bits per heavy atom. The van der Waals surface area contributed by atoms with Crippen LogP contribution in [0.1, 0.15) is 29.5 Å². The lowest BCUT2D eigenvalue weighted by molar-refractivity contribution is -0.137. The van der Waals surface area contributed by atoms with Crippen LogP contribution in [0.25, 0.3) is 16.9 Å². The molecule has 6 nitrogen and oxygen atoms in total. The van der Waals surface area contributed by atoms with Gasteiger partial charge in [0.05, 0.1) is 28.7 Å². The Kier molecular flexibility index (Phi) is 6.02. The van der Waals surface area contributed by atoms with Crippen LogP contribution >= 0.6 is 0 Å². The van der Waals surface area contributed by atoms with E-state index in [4.69, 9.17) is 0 Å². The van der Waals surface area contributed by atoms with E-state index in [1.165, 1.54) is 24.3 Å². The highest BCUT2D eigenvalue weighted by Gasteiger charge is 2.36. The van der Waals surface area contributed by atoms with Gasteiger partial charge in [0.15, 0.2) is 0 Å². The van der Waals surface area contributed by atoms with Crippen molar-refractivity contribution in [1.82, 2.24) is 9.78 Å². The van der Waals surface area contributed by atoms with E-state index in [-0.39, 0.29) is 5.69 Å². The van der Waals surface area contributed by atoms with Gasteiger partial charge in [-0.3, -0.25) is 4.79 Å². The van der Waals surface area contributed by atoms with Gasteiger partial charge < -0.3 is 14.9 Å². The summed E-state index contributed by atoms with van der Waals surface area (Å²) in [5.41, 5.74) is 0.900. The largest absolute Gasteiger partial charge is 0.418 e. The third kappa shape index (κ3) is 4.23. The monoisotopic (exact) mass is 502 g/mol. The molecule has 0 amide bonds. The maximum atomic E-state index is 14.4. The minimum atomic E-state index is -4.72. The van der Waals surface area contributed by atoms with Crippen LogP contribution in [0.2, 0.25) is 0 Å². The molecule has 2 heterocycles. The van der Waals surface area contributed by atoms with Gasteiger partial charge in [-0.2, -0.15) is 23.0 Å². The summed E-state index contributed by atoms with van der Waals surface area (Å²) in [5.74, 6) is -0.437. The Labute approximate surface area is 205 Å². The average molecular weight is 503 g/mol. The predicted molar refractivity (Wildman–Crippen MR) is 129 cm³/mol. The Balaban J connectivity index is 1.74. The third-order valence-corrected chi connectivity index (χ3v) is 6.90. The van der Waals surface area contributed by atoms with Crippen LogP contribution in [0.15, 0.2) is 41.2 Å². The van der Waals surface area contributed by atoms with Crippen molar-refractivity contribution in [2.24, 2.45) is 0 Å². The molecule has 1 atom stereocenters. The molecule has 2 aromatic carbocycles. The number of benzene rings is 2. The maximum absolute atomic E-state index is 14.4. The second-order valence-electron chi connectivity index (χ2n) is 9.52. The van der Waals surface area contributed by atoms with Crippen LogP contribution in [0.3, 0.4) is 0 Å². The molecule has 36 heavy (non-hydrogen) atoms. The number of hydrogen-bond donors (Lipinski definition) is 1. The Bertz CT molecular complexity index is 1380. The molecule has 1 unspecified atom stereocenters. The van der Waals surface area contributed by atoms with E-state index in [1.54, 1.807) is 30.0 Å². The molecule has 1 fully saturated rings. The second kappa shape index (κ2) is 8.92. The van der Waals surface area contributed by atoms with Crippen molar-refractivity contribution in [2.45, 2.75) is 38.0 Å². The normalized spacial score (nSPS) is 17.5. The molecule has 0 bridgehead atoms. The summed E-state index contributed by atoms with van der Waals surface area (Å²) in [7, 11) is 3.38. The quantitative estimate of drug-likeness (QED) is 0.543. The van der Waals surface area contributed by atoms with Crippen LogP contribution in [0.4, 0.5) is 28.9 Å². The molecule has 1 saturated heterocycles. The molecular formula is C26H26F4N4O2. The fraction of sp³-hybridized carbons (Fsp3) is 0.385. The summed E-state index contributed by atoms with van der Waals surface area (Å²) in [4.78, 5) is 16.8. The van der Waals surface area contributed by atoms with E-state index in [0.29, 0.717) is 72.5 Å². The molecule has 5 rings (SSSR count). The SMILES string of the molecule is CN(C)c1cc(-c2nn(-c3cc(N4CCC(O)C4)ccc3C(F)(F)F)c(=O)c3c2CCC3)ccc1F. The van der Waals surface area contributed by atoms with E-state index < -0.39 is 29.2 Å². The summed E-state index contributed by atoms with van der Waals surface area (Å²) in [5, 5.41) is 14.4. The Morgan fingerprint density at radius 3 is 2.50 bits per heavy atom. The first-order valence-corrected chi connectivity index (χ1v) is 11.8. The molecule has 0 radical (unpaired) electrons. The van der Waals surface area contributed by atoms with Gasteiger partial charge >= 0.3 is 6.18 Å². The summed E-state index contributed by atoms with van der Waals surface area (Å²) < 4.78 is 57.4. The zero-order valence-corrected chi connectivity index (χ0v) is 19.9. The Morgan fingerprint density at radius 2 is 1.83 bits per heavy atom. The minimum Gasteiger partial charge on any atom is -0.391 e. The first kappa shape index (κ1) is 24.3. The van der Waals surface area contributed by atoms with Crippen LogP contribution in [0.5, 0.6) is 0 Å². The molecule has 3 aromatic rings. The zero-order chi connectivity index (χ0) is 25.8. The number of β-amino-alcohol motifs (C(OH)–C–C–N with tert-alkyl or cyclic N) is 1. The highest BCUT2D eigenvalue weighted by Crippen LogP contribution is 2.37. The number of halogens is 4. The van der Waals surface area contributed by atoms with Crippen molar-refractivity contribution in [3.8, 4) is 16.9 Å². The molecule has 10 heteroatoms. The van der Waals surface area contributed by atoms with E-state index in [0.717, 1.165) is 10.7 Å². The average Bonchev–Trinajstić information content (AvgIpc) is 3.48. The van der Waals surface area contributed by atoms with Gasteiger partial charge in [0.25, 0.3) is 5.56 Å². The molecular weight excluding hydrogens is 476 g/mol. The first-order chi connectivity index (χ1) is 17.0. The standard InChI is InChI=1S/C26H26F4N4O2/c1-32(2)23-12-15(6-9-21(23)27)24-18-4-3-5-19(18)25(36)34(31-24)22-13-16(33-11-10-17(35)14-33)7-8-20(22)26(28,29)30/h6-9,12-13,17,35H,3-5,10-11,14H2,1-2H3. The number of aliphatic hydroxyl groups is 1. The van der Waals surface area contributed by atoms with Gasteiger partial charge in [0, 0.05) is 44.0 Å². The van der Waals surface area contributed by atoms with Crippen LogP contribution in [-0.4, -0.2) is 48.2 Å². The number of nitrogens with zero attached hydrogens (tertiary/aromatic N) is 4. The lowest BCUT2D eigenvalue weighted by Crippen LogP contribution is -2.29. The molecule has 190 valence electrons. The molecule has 1 N–H and O–H groups in total. The molecule has 1 aromatic heterocycles. The van der Waals surface area contributed by atoms with E-state index in [1.807, 2.05) is 0 Å². The van der Waals surface area contributed by atoms with E-state index in [2.05, 4.69) is 5.10 Å². The first-order valence-electron chi connectivity index (χ1n) is 11.8. The number of fused-ring (bicyclic) bond motifs is 1. The van der Waals surface area contributed by atoms with E-state index >= 15 is 0 Å². The van der Waals surface area contributed by atoms with Crippen molar-refractivity contribution >= 4 is 11.4 Å². The van der Waals surface area contributed by atoms with E-state index in [9.17, 15) is 27.5 Å². The van der Waals surface area contributed by atoms with Crippen molar-refractivity contribution in [3.63, 3.8) is 0 Å². The fourth-order valence-corrected chi connectivity index (χ4v) is 5.08. The van der Waals surface area contributed by atoms with Gasteiger partial charge in [-0.05, 0) is 67.6 Å². The van der Waals surface area contributed by atoms with Crippen LogP contribution in [0, 0.1) is 5.82 Å². The van der Waals surface area contributed by atoms with Crippen molar-refractivity contribution < 1.29 is 22.7 Å². The lowest BCUT2D eigenvalue weighted by atomic mass is 10.0. The molecule has 1 aliphatic heterocycles. The summed E-state index contributed by atoms with van der Waals surface area (Å²) in [6, 6.07) is 8.05. The van der Waals surface area contributed by atoms with Gasteiger partial charge in [-0.1, -0.05) is 0 Å². The van der Waals surface area contributed by atoms with Crippen molar-refractivity contribution in [3.05, 3.63) is 69.3 Å². The minimum absolute atomic E-state index is 0.297. The zero-order valence-electron chi connectivity index (χ0n) is 19.9. The van der Waals surface area contributed by atoms with Gasteiger partial charge in [-0.25, -0.2) is 4.39 Å².